The summed E-state index contributed by atoms with van der Waals surface area (Å²) >= 11 is 0. The van der Waals surface area contributed by atoms with Crippen LogP contribution < -0.4 is 5.73 Å². The smallest absolute Gasteiger partial charge is 0.232 e. The van der Waals surface area contributed by atoms with Gasteiger partial charge in [-0.3, -0.25) is 0 Å². The van der Waals surface area contributed by atoms with Crippen LogP contribution in [0.25, 0.3) is 11.5 Å². The van der Waals surface area contributed by atoms with Crippen molar-refractivity contribution in [3.05, 3.63) is 53.5 Å². The van der Waals surface area contributed by atoms with Crippen molar-refractivity contribution in [1.82, 2.24) is 15.1 Å². The van der Waals surface area contributed by atoms with Crippen LogP contribution in [-0.2, 0) is 11.8 Å². The van der Waals surface area contributed by atoms with Crippen molar-refractivity contribution in [1.29, 1.82) is 0 Å². The van der Waals surface area contributed by atoms with Crippen molar-refractivity contribution in [2.75, 3.05) is 0 Å². The van der Waals surface area contributed by atoms with E-state index in [9.17, 15) is 8.78 Å². The fourth-order valence-electron chi connectivity index (χ4n) is 3.95. The van der Waals surface area contributed by atoms with E-state index in [0.717, 1.165) is 31.4 Å². The van der Waals surface area contributed by atoms with Gasteiger partial charge in [0, 0.05) is 16.5 Å². The molecule has 3 fully saturated rings. The first-order chi connectivity index (χ1) is 11.9. The Morgan fingerprint density at radius 1 is 1.12 bits per heavy atom. The van der Waals surface area contributed by atoms with E-state index in [4.69, 9.17) is 14.7 Å². The summed E-state index contributed by atoms with van der Waals surface area (Å²) in [4.78, 5) is 8.72. The van der Waals surface area contributed by atoms with E-state index in [-0.39, 0.29) is 29.3 Å². The number of hydrogen-bond donors (Lipinski definition) is 1. The molecule has 0 amide bonds. The van der Waals surface area contributed by atoms with Gasteiger partial charge in [0.05, 0.1) is 12.1 Å². The van der Waals surface area contributed by atoms with E-state index in [0.29, 0.717) is 29.4 Å². The molecule has 0 unspecified atom stereocenters. The molecule has 2 bridgehead atoms. The van der Waals surface area contributed by atoms with Crippen LogP contribution >= 0.6 is 12.4 Å². The number of hydrogen-bond acceptors (Lipinski definition) is 6. The Bertz CT molecular complexity index is 967. The Balaban J connectivity index is 0.00000168. The molecule has 26 heavy (non-hydrogen) atoms. The Labute approximate surface area is 153 Å². The highest BCUT2D eigenvalue weighted by molar-refractivity contribution is 5.85. The van der Waals surface area contributed by atoms with E-state index < -0.39 is 11.6 Å². The molecule has 0 aliphatic heterocycles. The van der Waals surface area contributed by atoms with Gasteiger partial charge in [-0.1, -0.05) is 5.16 Å². The molecule has 3 aliphatic rings. The molecule has 136 valence electrons. The molecular formula is C17H15ClF2N4O2. The standard InChI is InChI=1S/C17H14F2N4O2.ClH/c18-11-2-1-9(3-12(11)19)14-21-10(5-24-14)4-13-22-15(23-25-13)16-6-17(20,7-16)8-16;/h1-3,5H,4,6-8,20H2;1H. The first kappa shape index (κ1) is 17.1. The van der Waals surface area contributed by atoms with Crippen LogP contribution in [0.3, 0.4) is 0 Å². The maximum absolute atomic E-state index is 13.3. The van der Waals surface area contributed by atoms with E-state index in [1.165, 1.54) is 12.3 Å². The Hall–Kier alpha value is -2.32. The second-order valence-electron chi connectivity index (χ2n) is 7.13. The summed E-state index contributed by atoms with van der Waals surface area (Å²) in [7, 11) is 0. The van der Waals surface area contributed by atoms with E-state index >= 15 is 0 Å². The van der Waals surface area contributed by atoms with Crippen molar-refractivity contribution in [3.63, 3.8) is 0 Å². The Morgan fingerprint density at radius 2 is 1.88 bits per heavy atom. The van der Waals surface area contributed by atoms with Gasteiger partial charge in [0.25, 0.3) is 0 Å². The van der Waals surface area contributed by atoms with Crippen molar-refractivity contribution >= 4 is 12.4 Å². The summed E-state index contributed by atoms with van der Waals surface area (Å²) in [6.07, 6.45) is 4.47. The first-order valence-electron chi connectivity index (χ1n) is 7.97. The monoisotopic (exact) mass is 380 g/mol. The molecule has 3 aliphatic carbocycles. The van der Waals surface area contributed by atoms with Crippen LogP contribution in [0.4, 0.5) is 8.78 Å². The predicted molar refractivity (Wildman–Crippen MR) is 88.7 cm³/mol. The predicted octanol–water partition coefficient (Wildman–Crippen LogP) is 3.15. The third-order valence-corrected chi connectivity index (χ3v) is 5.06. The summed E-state index contributed by atoms with van der Waals surface area (Å²) in [5.74, 6) is -0.509. The fraction of sp³-hybridized carbons (Fsp3) is 0.353. The van der Waals surface area contributed by atoms with Crippen LogP contribution in [0.2, 0.25) is 0 Å². The molecule has 3 aromatic rings. The molecule has 0 radical (unpaired) electrons. The third-order valence-electron chi connectivity index (χ3n) is 5.06. The molecule has 0 atom stereocenters. The largest absolute Gasteiger partial charge is 0.444 e. The molecule has 2 aromatic heterocycles. The maximum atomic E-state index is 13.3. The first-order valence-corrected chi connectivity index (χ1v) is 7.97. The number of benzene rings is 1. The highest BCUT2D eigenvalue weighted by Gasteiger charge is 2.68. The topological polar surface area (TPSA) is 91.0 Å². The van der Waals surface area contributed by atoms with E-state index in [1.807, 2.05) is 0 Å². The van der Waals surface area contributed by atoms with Gasteiger partial charge in [0.2, 0.25) is 11.8 Å². The number of oxazole rings is 1. The highest BCUT2D eigenvalue weighted by Crippen LogP contribution is 2.65. The molecule has 9 heteroatoms. The minimum absolute atomic E-state index is 0. The van der Waals surface area contributed by atoms with Gasteiger partial charge in [-0.25, -0.2) is 13.8 Å². The lowest BCUT2D eigenvalue weighted by atomic mass is 9.39. The normalized spacial score (nSPS) is 26.0. The summed E-state index contributed by atoms with van der Waals surface area (Å²) in [6, 6.07) is 3.48. The molecule has 6 rings (SSSR count). The average molecular weight is 381 g/mol. The van der Waals surface area contributed by atoms with Crippen molar-refractivity contribution in [3.8, 4) is 11.5 Å². The number of aromatic nitrogens is 3. The van der Waals surface area contributed by atoms with Gasteiger partial charge >= 0.3 is 0 Å². The summed E-state index contributed by atoms with van der Waals surface area (Å²) in [5, 5.41) is 4.07. The van der Waals surface area contributed by atoms with Gasteiger partial charge in [0.1, 0.15) is 6.26 Å². The van der Waals surface area contributed by atoms with Crippen molar-refractivity contribution in [2.45, 2.75) is 36.6 Å². The molecule has 6 nitrogen and oxygen atoms in total. The fourth-order valence-corrected chi connectivity index (χ4v) is 3.95. The van der Waals surface area contributed by atoms with E-state index in [1.54, 1.807) is 0 Å². The molecule has 2 N–H and O–H groups in total. The molecule has 2 heterocycles. The zero-order chi connectivity index (χ0) is 17.2. The highest BCUT2D eigenvalue weighted by atomic mass is 35.5. The molecule has 3 saturated carbocycles. The molecule has 0 saturated heterocycles. The third kappa shape index (κ3) is 2.52. The number of nitrogens with zero attached hydrogens (tertiary/aromatic N) is 3. The van der Waals surface area contributed by atoms with E-state index in [2.05, 4.69) is 15.1 Å². The van der Waals surface area contributed by atoms with Gasteiger partial charge in [-0.15, -0.1) is 12.4 Å². The van der Waals surface area contributed by atoms with Crippen molar-refractivity contribution < 1.29 is 17.7 Å². The van der Waals surface area contributed by atoms with Gasteiger partial charge < -0.3 is 14.7 Å². The molecular weight excluding hydrogens is 366 g/mol. The second-order valence-corrected chi connectivity index (χ2v) is 7.13. The molecule has 1 aromatic carbocycles. The van der Waals surface area contributed by atoms with Crippen LogP contribution in [-0.4, -0.2) is 20.7 Å². The Kier molecular flexibility index (Phi) is 3.68. The number of nitrogens with two attached hydrogens (primary N) is 1. The maximum Gasteiger partial charge on any atom is 0.232 e. The average Bonchev–Trinajstić information content (AvgIpc) is 3.16. The van der Waals surface area contributed by atoms with Gasteiger partial charge in [0.15, 0.2) is 17.5 Å². The number of halogens is 3. The van der Waals surface area contributed by atoms with Crippen LogP contribution in [0.1, 0.15) is 36.7 Å². The lowest BCUT2D eigenvalue weighted by molar-refractivity contribution is -0.0664. The summed E-state index contributed by atoms with van der Waals surface area (Å²) in [5.41, 5.74) is 6.97. The summed E-state index contributed by atoms with van der Waals surface area (Å²) in [6.45, 7) is 0. The van der Waals surface area contributed by atoms with Gasteiger partial charge in [-0.2, -0.15) is 4.98 Å². The van der Waals surface area contributed by atoms with Crippen LogP contribution in [0.15, 0.2) is 33.4 Å². The van der Waals surface area contributed by atoms with Gasteiger partial charge in [-0.05, 0) is 37.5 Å². The zero-order valence-corrected chi connectivity index (χ0v) is 14.4. The summed E-state index contributed by atoms with van der Waals surface area (Å²) < 4.78 is 37.0. The van der Waals surface area contributed by atoms with Crippen LogP contribution in [0, 0.1) is 11.6 Å². The Morgan fingerprint density at radius 3 is 2.58 bits per heavy atom. The molecule has 0 spiro atoms. The quantitative estimate of drug-likeness (QED) is 0.747. The minimum atomic E-state index is -0.949. The van der Waals surface area contributed by atoms with Crippen LogP contribution in [0.5, 0.6) is 0 Å². The minimum Gasteiger partial charge on any atom is -0.444 e. The van der Waals surface area contributed by atoms with Crippen molar-refractivity contribution in [2.24, 2.45) is 5.73 Å². The zero-order valence-electron chi connectivity index (χ0n) is 13.5. The second kappa shape index (κ2) is 5.59. The lowest BCUT2D eigenvalue weighted by Gasteiger charge is -2.67. The SMILES string of the molecule is Cl.NC12CC(c3noc(Cc4coc(-c5ccc(F)c(F)c5)n4)n3)(C1)C2. The lowest BCUT2D eigenvalue weighted by Crippen LogP contribution is -2.74. The number of rotatable bonds is 4.